The molecule has 0 bridgehead atoms. The van der Waals surface area contributed by atoms with Gasteiger partial charge in [-0.05, 0) is 61.1 Å². The summed E-state index contributed by atoms with van der Waals surface area (Å²) in [6, 6.07) is 7.47. The Hall–Kier alpha value is -2.90. The fourth-order valence-electron chi connectivity index (χ4n) is 2.74. The lowest BCUT2D eigenvalue weighted by Crippen LogP contribution is -1.99. The third-order valence-corrected chi connectivity index (χ3v) is 4.07. The lowest BCUT2D eigenvalue weighted by Gasteiger charge is -2.11. The minimum atomic E-state index is 0.167. The van der Waals surface area contributed by atoms with Gasteiger partial charge in [-0.1, -0.05) is 31.0 Å². The first-order chi connectivity index (χ1) is 12.7. The second kappa shape index (κ2) is 8.98. The van der Waals surface area contributed by atoms with Gasteiger partial charge in [0.1, 0.15) is 18.1 Å². The largest absolute Gasteiger partial charge is 0.489 e. The summed E-state index contributed by atoms with van der Waals surface area (Å²) in [5.74, 6) is 8.61. The topological polar surface area (TPSA) is 50.7 Å². The first kappa shape index (κ1) is 17.9. The van der Waals surface area contributed by atoms with Crippen LogP contribution < -0.4 is 5.48 Å². The Morgan fingerprint density at radius 1 is 1.19 bits per heavy atom. The van der Waals surface area contributed by atoms with E-state index in [1.807, 2.05) is 48.6 Å². The number of para-hydroxylation sites is 1. The van der Waals surface area contributed by atoms with Crippen LogP contribution >= 0.6 is 0 Å². The summed E-state index contributed by atoms with van der Waals surface area (Å²) < 4.78 is 11.9. The Kier molecular flexibility index (Phi) is 6.19. The van der Waals surface area contributed by atoms with Gasteiger partial charge in [-0.25, -0.2) is 0 Å². The van der Waals surface area contributed by atoms with Crippen molar-refractivity contribution in [2.24, 2.45) is 5.92 Å². The molecule has 26 heavy (non-hydrogen) atoms. The van der Waals surface area contributed by atoms with Crippen molar-refractivity contribution in [3.05, 3.63) is 77.5 Å². The molecule has 0 radical (unpaired) electrons. The van der Waals surface area contributed by atoms with E-state index in [0.717, 1.165) is 42.1 Å². The van der Waals surface area contributed by atoms with Crippen LogP contribution in [0.5, 0.6) is 0 Å². The molecule has 1 aromatic carbocycles. The number of hydrogen-bond donors (Lipinski definition) is 2. The van der Waals surface area contributed by atoms with Gasteiger partial charge in [-0.15, -0.1) is 0 Å². The molecule has 0 saturated carbocycles. The molecule has 1 aromatic rings. The van der Waals surface area contributed by atoms with Crippen LogP contribution in [0.2, 0.25) is 0 Å². The number of anilines is 1. The standard InChI is InChI=1S/C22H23NO3/c1-17-14-20(25-16-18-8-6-7-11-22(18)23-24)12-13-21(15-17)26-19-9-4-2-3-5-10-19/h6-9,11-15,17,23-24H,2-4,16H2,1H3. The summed E-state index contributed by atoms with van der Waals surface area (Å²) in [4.78, 5) is 0. The zero-order valence-electron chi connectivity index (χ0n) is 14.9. The van der Waals surface area contributed by atoms with E-state index in [4.69, 9.17) is 9.47 Å². The average Bonchev–Trinajstić information content (AvgIpc) is 3.01. The van der Waals surface area contributed by atoms with Crippen molar-refractivity contribution in [1.82, 2.24) is 0 Å². The van der Waals surface area contributed by atoms with Gasteiger partial charge in [-0.2, -0.15) is 0 Å². The summed E-state index contributed by atoms with van der Waals surface area (Å²) >= 11 is 0. The molecule has 3 rings (SSSR count). The molecule has 2 N–H and O–H groups in total. The Morgan fingerprint density at radius 2 is 2.00 bits per heavy atom. The minimum absolute atomic E-state index is 0.167. The maximum Gasteiger partial charge on any atom is 0.173 e. The van der Waals surface area contributed by atoms with E-state index in [2.05, 4.69) is 24.2 Å². The summed E-state index contributed by atoms with van der Waals surface area (Å²) in [6.07, 6.45) is 12.9. The summed E-state index contributed by atoms with van der Waals surface area (Å²) in [6.45, 7) is 2.44. The molecule has 134 valence electrons. The number of ether oxygens (including phenoxy) is 2. The highest BCUT2D eigenvalue weighted by Gasteiger charge is 2.09. The second-order valence-corrected chi connectivity index (χ2v) is 6.25. The maximum absolute atomic E-state index is 9.18. The van der Waals surface area contributed by atoms with Crippen molar-refractivity contribution in [3.8, 4) is 11.8 Å². The molecule has 4 nitrogen and oxygen atoms in total. The van der Waals surface area contributed by atoms with Gasteiger partial charge in [0, 0.05) is 12.0 Å². The molecular formula is C22H23NO3. The highest BCUT2D eigenvalue weighted by molar-refractivity contribution is 5.48. The molecule has 1 atom stereocenters. The number of benzene rings is 1. The van der Waals surface area contributed by atoms with Crippen molar-refractivity contribution in [2.75, 3.05) is 5.48 Å². The summed E-state index contributed by atoms with van der Waals surface area (Å²) in [5, 5.41) is 9.18. The molecule has 0 aromatic heterocycles. The van der Waals surface area contributed by atoms with Crippen LogP contribution in [0.1, 0.15) is 31.7 Å². The lowest BCUT2D eigenvalue weighted by atomic mass is 10.1. The fourth-order valence-corrected chi connectivity index (χ4v) is 2.74. The van der Waals surface area contributed by atoms with Crippen molar-refractivity contribution in [3.63, 3.8) is 0 Å². The Morgan fingerprint density at radius 3 is 2.88 bits per heavy atom. The van der Waals surface area contributed by atoms with Crippen LogP contribution in [0.4, 0.5) is 5.69 Å². The molecule has 0 heterocycles. The smallest absolute Gasteiger partial charge is 0.173 e. The van der Waals surface area contributed by atoms with Gasteiger partial charge in [0.25, 0.3) is 0 Å². The molecule has 0 amide bonds. The van der Waals surface area contributed by atoms with E-state index in [-0.39, 0.29) is 5.92 Å². The lowest BCUT2D eigenvalue weighted by molar-refractivity contribution is 0.209. The number of hydrogen-bond acceptors (Lipinski definition) is 4. The molecule has 0 aliphatic heterocycles. The molecule has 0 saturated heterocycles. The van der Waals surface area contributed by atoms with E-state index in [9.17, 15) is 5.21 Å². The van der Waals surface area contributed by atoms with Gasteiger partial charge < -0.3 is 9.47 Å². The highest BCUT2D eigenvalue weighted by atomic mass is 16.5. The Labute approximate surface area is 154 Å². The van der Waals surface area contributed by atoms with E-state index in [1.165, 1.54) is 0 Å². The summed E-state index contributed by atoms with van der Waals surface area (Å²) in [5.41, 5.74) is 3.71. The second-order valence-electron chi connectivity index (χ2n) is 6.25. The number of rotatable bonds is 6. The van der Waals surface area contributed by atoms with Gasteiger partial charge in [-0.3, -0.25) is 10.7 Å². The van der Waals surface area contributed by atoms with Gasteiger partial charge in [0.2, 0.25) is 0 Å². The summed E-state index contributed by atoms with van der Waals surface area (Å²) in [7, 11) is 0. The third-order valence-electron chi connectivity index (χ3n) is 4.07. The van der Waals surface area contributed by atoms with Crippen LogP contribution in [0.25, 0.3) is 0 Å². The highest BCUT2D eigenvalue weighted by Crippen LogP contribution is 2.22. The van der Waals surface area contributed by atoms with Crippen LogP contribution in [-0.4, -0.2) is 5.21 Å². The van der Waals surface area contributed by atoms with Gasteiger partial charge in [0.05, 0.1) is 5.69 Å². The van der Waals surface area contributed by atoms with Crippen molar-refractivity contribution in [2.45, 2.75) is 32.8 Å². The van der Waals surface area contributed by atoms with Crippen LogP contribution in [0.15, 0.2) is 71.9 Å². The van der Waals surface area contributed by atoms with Crippen molar-refractivity contribution < 1.29 is 14.7 Å². The first-order valence-electron chi connectivity index (χ1n) is 8.84. The van der Waals surface area contributed by atoms with E-state index in [1.54, 1.807) is 6.07 Å². The molecule has 0 fully saturated rings. The number of nitrogens with one attached hydrogen (secondary N) is 1. The van der Waals surface area contributed by atoms with E-state index >= 15 is 0 Å². The van der Waals surface area contributed by atoms with Crippen LogP contribution in [0.3, 0.4) is 0 Å². The van der Waals surface area contributed by atoms with Gasteiger partial charge >= 0.3 is 0 Å². The monoisotopic (exact) mass is 349 g/mol. The molecule has 2 aliphatic carbocycles. The zero-order chi connectivity index (χ0) is 18.2. The van der Waals surface area contributed by atoms with E-state index < -0.39 is 0 Å². The first-order valence-corrected chi connectivity index (χ1v) is 8.84. The van der Waals surface area contributed by atoms with E-state index in [0.29, 0.717) is 12.3 Å². The normalized spacial score (nSPS) is 19.0. The predicted molar refractivity (Wildman–Crippen MR) is 102 cm³/mol. The SMILES string of the molecule is CC1C=C(OCc2ccccc2NO)C=CC(OC2=CCCCC#C2)=C1. The molecule has 2 aliphatic rings. The molecule has 1 unspecified atom stereocenters. The predicted octanol–water partition coefficient (Wildman–Crippen LogP) is 5.07. The molecule has 0 spiro atoms. The Balaban J connectivity index is 1.64. The van der Waals surface area contributed by atoms with Crippen molar-refractivity contribution >= 4 is 5.69 Å². The Bertz CT molecular complexity index is 821. The minimum Gasteiger partial charge on any atom is -0.489 e. The number of allylic oxidation sites excluding steroid dienone is 6. The molecule has 4 heteroatoms. The average molecular weight is 349 g/mol. The fraction of sp³-hybridized carbons (Fsp3) is 0.273. The zero-order valence-corrected chi connectivity index (χ0v) is 14.9. The quantitative estimate of drug-likeness (QED) is 0.556. The van der Waals surface area contributed by atoms with Crippen LogP contribution in [-0.2, 0) is 16.1 Å². The van der Waals surface area contributed by atoms with Crippen molar-refractivity contribution in [1.29, 1.82) is 0 Å². The van der Waals surface area contributed by atoms with Crippen LogP contribution in [0, 0.1) is 17.8 Å². The molecular weight excluding hydrogens is 326 g/mol. The third kappa shape index (κ3) is 5.05. The maximum atomic E-state index is 9.18. The van der Waals surface area contributed by atoms with Gasteiger partial charge in [0.15, 0.2) is 5.76 Å².